The molecule has 20 heavy (non-hydrogen) atoms. The highest BCUT2D eigenvalue weighted by atomic mass is 32.1. The SMILES string of the molecule is Cc1nn([C@H](C)C(=O)O)c(=O)c2c1sc1ccccc12. The van der Waals surface area contributed by atoms with E-state index in [1.165, 1.54) is 18.3 Å². The second kappa shape index (κ2) is 4.42. The second-order valence-corrected chi connectivity index (χ2v) is 5.70. The van der Waals surface area contributed by atoms with E-state index in [9.17, 15) is 9.59 Å². The lowest BCUT2D eigenvalue weighted by atomic mass is 10.2. The van der Waals surface area contributed by atoms with Crippen LogP contribution in [0.5, 0.6) is 0 Å². The van der Waals surface area contributed by atoms with E-state index in [1.807, 2.05) is 24.3 Å². The zero-order chi connectivity index (χ0) is 14.4. The maximum atomic E-state index is 12.5. The number of benzene rings is 1. The van der Waals surface area contributed by atoms with Crippen molar-refractivity contribution in [1.29, 1.82) is 0 Å². The molecule has 0 aliphatic rings. The topological polar surface area (TPSA) is 72.2 Å². The van der Waals surface area contributed by atoms with Gasteiger partial charge in [-0.3, -0.25) is 4.79 Å². The molecule has 0 amide bonds. The number of carboxylic acid groups (broad SMARTS) is 1. The van der Waals surface area contributed by atoms with E-state index in [0.29, 0.717) is 11.1 Å². The zero-order valence-corrected chi connectivity index (χ0v) is 11.8. The fourth-order valence-electron chi connectivity index (χ4n) is 2.25. The Kier molecular flexibility index (Phi) is 2.83. The summed E-state index contributed by atoms with van der Waals surface area (Å²) in [6.45, 7) is 3.25. The summed E-state index contributed by atoms with van der Waals surface area (Å²) in [5, 5.41) is 14.7. The summed E-state index contributed by atoms with van der Waals surface area (Å²) in [4.78, 5) is 23.6. The molecule has 0 saturated carbocycles. The number of hydrogen-bond donors (Lipinski definition) is 1. The molecular formula is C14H12N2O3S. The first-order valence-electron chi connectivity index (χ1n) is 6.14. The van der Waals surface area contributed by atoms with Crippen LogP contribution in [0.4, 0.5) is 0 Å². The van der Waals surface area contributed by atoms with Gasteiger partial charge in [-0.2, -0.15) is 5.10 Å². The fraction of sp³-hybridized carbons (Fsp3) is 0.214. The molecule has 102 valence electrons. The molecule has 0 bridgehead atoms. The van der Waals surface area contributed by atoms with Gasteiger partial charge < -0.3 is 5.11 Å². The second-order valence-electron chi connectivity index (χ2n) is 4.65. The summed E-state index contributed by atoms with van der Waals surface area (Å²) in [5.74, 6) is -1.07. The van der Waals surface area contributed by atoms with E-state index in [1.54, 1.807) is 6.92 Å². The smallest absolute Gasteiger partial charge is 0.328 e. The Bertz CT molecular complexity index is 894. The third kappa shape index (κ3) is 1.72. The molecule has 0 aliphatic carbocycles. The lowest BCUT2D eigenvalue weighted by Gasteiger charge is -2.10. The Morgan fingerprint density at radius 1 is 1.40 bits per heavy atom. The molecule has 5 nitrogen and oxygen atoms in total. The van der Waals surface area contributed by atoms with Gasteiger partial charge in [0.2, 0.25) is 0 Å². The summed E-state index contributed by atoms with van der Waals surface area (Å²) in [7, 11) is 0. The van der Waals surface area contributed by atoms with Gasteiger partial charge in [0.25, 0.3) is 5.56 Å². The van der Waals surface area contributed by atoms with E-state index >= 15 is 0 Å². The van der Waals surface area contributed by atoms with E-state index in [2.05, 4.69) is 5.10 Å². The van der Waals surface area contributed by atoms with Gasteiger partial charge in [-0.1, -0.05) is 18.2 Å². The van der Waals surface area contributed by atoms with Crippen LogP contribution in [-0.4, -0.2) is 20.9 Å². The average Bonchev–Trinajstić information content (AvgIpc) is 2.82. The highest BCUT2D eigenvalue weighted by Gasteiger charge is 2.20. The minimum atomic E-state index is -1.07. The Hall–Kier alpha value is -2.21. The van der Waals surface area contributed by atoms with Crippen molar-refractivity contribution in [3.8, 4) is 0 Å². The van der Waals surface area contributed by atoms with Gasteiger partial charge in [-0.05, 0) is 19.9 Å². The molecule has 2 aromatic heterocycles. The first kappa shape index (κ1) is 12.8. The summed E-state index contributed by atoms with van der Waals surface area (Å²) >= 11 is 1.51. The van der Waals surface area contributed by atoms with Crippen molar-refractivity contribution in [3.63, 3.8) is 0 Å². The van der Waals surface area contributed by atoms with Gasteiger partial charge in [-0.25, -0.2) is 9.48 Å². The number of aryl methyl sites for hydroxylation is 1. The normalized spacial score (nSPS) is 12.9. The van der Waals surface area contributed by atoms with Gasteiger partial charge in [0.1, 0.15) is 0 Å². The van der Waals surface area contributed by atoms with Crippen molar-refractivity contribution >= 4 is 37.5 Å². The van der Waals surface area contributed by atoms with Crippen LogP contribution in [0.15, 0.2) is 29.1 Å². The highest BCUT2D eigenvalue weighted by Crippen LogP contribution is 2.32. The molecule has 2 heterocycles. The largest absolute Gasteiger partial charge is 0.480 e. The molecule has 0 saturated heterocycles. The monoisotopic (exact) mass is 288 g/mol. The first-order chi connectivity index (χ1) is 9.50. The summed E-state index contributed by atoms with van der Waals surface area (Å²) in [6.07, 6.45) is 0. The lowest BCUT2D eigenvalue weighted by molar-refractivity contribution is -0.140. The number of aliphatic carboxylic acids is 1. The van der Waals surface area contributed by atoms with E-state index in [-0.39, 0.29) is 5.56 Å². The van der Waals surface area contributed by atoms with Crippen LogP contribution in [0.25, 0.3) is 20.2 Å². The van der Waals surface area contributed by atoms with Crippen molar-refractivity contribution in [2.45, 2.75) is 19.9 Å². The van der Waals surface area contributed by atoms with Crippen molar-refractivity contribution in [3.05, 3.63) is 40.3 Å². The van der Waals surface area contributed by atoms with Crippen LogP contribution in [0, 0.1) is 6.92 Å². The van der Waals surface area contributed by atoms with Crippen molar-refractivity contribution in [1.82, 2.24) is 9.78 Å². The Labute approximate surface area is 118 Å². The van der Waals surface area contributed by atoms with Gasteiger partial charge >= 0.3 is 5.97 Å². The minimum Gasteiger partial charge on any atom is -0.480 e. The maximum Gasteiger partial charge on any atom is 0.328 e. The van der Waals surface area contributed by atoms with E-state index in [0.717, 1.165) is 19.5 Å². The van der Waals surface area contributed by atoms with Crippen LogP contribution in [0.3, 0.4) is 0 Å². The Morgan fingerprint density at radius 3 is 2.80 bits per heavy atom. The number of fused-ring (bicyclic) bond motifs is 3. The predicted molar refractivity (Wildman–Crippen MR) is 78.5 cm³/mol. The van der Waals surface area contributed by atoms with E-state index < -0.39 is 12.0 Å². The number of thiophene rings is 1. The van der Waals surface area contributed by atoms with Gasteiger partial charge in [0, 0.05) is 10.1 Å². The number of carbonyl (C=O) groups is 1. The molecule has 1 atom stereocenters. The summed E-state index contributed by atoms with van der Waals surface area (Å²) < 4.78 is 2.88. The molecular weight excluding hydrogens is 276 g/mol. The molecule has 3 aromatic rings. The van der Waals surface area contributed by atoms with E-state index in [4.69, 9.17) is 5.11 Å². The van der Waals surface area contributed by atoms with Crippen LogP contribution >= 0.6 is 11.3 Å². The summed E-state index contributed by atoms with van der Waals surface area (Å²) in [5.41, 5.74) is 0.326. The number of aromatic nitrogens is 2. The maximum absolute atomic E-state index is 12.5. The van der Waals surface area contributed by atoms with Crippen molar-refractivity contribution in [2.75, 3.05) is 0 Å². The molecule has 0 aliphatic heterocycles. The minimum absolute atomic E-state index is 0.349. The third-order valence-corrected chi connectivity index (χ3v) is 4.61. The lowest BCUT2D eigenvalue weighted by Crippen LogP contribution is -2.30. The van der Waals surface area contributed by atoms with Crippen LogP contribution in [-0.2, 0) is 4.79 Å². The first-order valence-corrected chi connectivity index (χ1v) is 6.96. The predicted octanol–water partition coefficient (Wildman–Crippen LogP) is 2.57. The average molecular weight is 288 g/mol. The molecule has 0 fully saturated rings. The zero-order valence-electron chi connectivity index (χ0n) is 11.0. The van der Waals surface area contributed by atoms with Gasteiger partial charge in [-0.15, -0.1) is 11.3 Å². The Morgan fingerprint density at radius 2 is 2.10 bits per heavy atom. The summed E-state index contributed by atoms with van der Waals surface area (Å²) in [6, 6.07) is 6.63. The molecule has 0 unspecified atom stereocenters. The molecule has 1 aromatic carbocycles. The fourth-order valence-corrected chi connectivity index (χ4v) is 3.38. The molecule has 0 radical (unpaired) electrons. The number of hydrogen-bond acceptors (Lipinski definition) is 4. The quantitative estimate of drug-likeness (QED) is 0.786. The third-order valence-electron chi connectivity index (χ3n) is 3.33. The van der Waals surface area contributed by atoms with Crippen LogP contribution < -0.4 is 5.56 Å². The van der Waals surface area contributed by atoms with Crippen LogP contribution in [0.1, 0.15) is 18.7 Å². The number of carboxylic acids is 1. The van der Waals surface area contributed by atoms with Gasteiger partial charge in [0.15, 0.2) is 6.04 Å². The molecule has 3 rings (SSSR count). The Balaban J connectivity index is 2.48. The van der Waals surface area contributed by atoms with Crippen molar-refractivity contribution in [2.24, 2.45) is 0 Å². The number of rotatable bonds is 2. The van der Waals surface area contributed by atoms with Gasteiger partial charge in [0.05, 0.1) is 15.8 Å². The van der Waals surface area contributed by atoms with Crippen molar-refractivity contribution < 1.29 is 9.90 Å². The van der Waals surface area contributed by atoms with Crippen LogP contribution in [0.2, 0.25) is 0 Å². The molecule has 6 heteroatoms. The highest BCUT2D eigenvalue weighted by molar-refractivity contribution is 7.26. The molecule has 0 spiro atoms. The molecule has 1 N–H and O–H groups in total. The standard InChI is InChI=1S/C14H12N2O3S/c1-7-12-11(9-5-3-4-6-10(9)20-12)13(17)16(15-7)8(2)14(18)19/h3-6,8H,1-2H3,(H,18,19)/t8-/m1/s1. The number of nitrogens with zero attached hydrogens (tertiary/aromatic N) is 2.